The van der Waals surface area contributed by atoms with E-state index in [0.29, 0.717) is 12.8 Å². The molecule has 2 rings (SSSR count). The van der Waals surface area contributed by atoms with Crippen LogP contribution < -0.4 is 5.32 Å². The summed E-state index contributed by atoms with van der Waals surface area (Å²) in [6, 6.07) is 0.197. The predicted molar refractivity (Wildman–Crippen MR) is 78.0 cm³/mol. The molecule has 0 bridgehead atoms. The van der Waals surface area contributed by atoms with Crippen molar-refractivity contribution in [1.29, 1.82) is 0 Å². The second-order valence-electron chi connectivity index (χ2n) is 6.01. The first-order chi connectivity index (χ1) is 10.1. The molecule has 2 fully saturated rings. The number of nitrogens with zero attached hydrogens (tertiary/aromatic N) is 1. The number of nitrogens with one attached hydrogen (secondary N) is 1. The van der Waals surface area contributed by atoms with E-state index in [1.807, 2.05) is 0 Å². The zero-order valence-corrected chi connectivity index (χ0v) is 12.7. The van der Waals surface area contributed by atoms with Crippen molar-refractivity contribution in [2.75, 3.05) is 19.6 Å². The van der Waals surface area contributed by atoms with Gasteiger partial charge in [0.2, 0.25) is 5.91 Å². The Balaban J connectivity index is 1.69. The topological polar surface area (TPSA) is 78.9 Å². The Hall–Kier alpha value is -1.14. The van der Waals surface area contributed by atoms with Crippen molar-refractivity contribution in [2.45, 2.75) is 63.7 Å². The number of ether oxygens (including phenoxy) is 1. The molecule has 2 aliphatic rings. The van der Waals surface area contributed by atoms with Crippen LogP contribution in [0.4, 0.5) is 0 Å². The van der Waals surface area contributed by atoms with Crippen LogP contribution in [0.15, 0.2) is 0 Å². The molecule has 2 atom stereocenters. The van der Waals surface area contributed by atoms with Crippen LogP contribution in [0.3, 0.4) is 0 Å². The molecule has 0 radical (unpaired) electrons. The van der Waals surface area contributed by atoms with E-state index in [4.69, 9.17) is 9.84 Å². The van der Waals surface area contributed by atoms with Crippen molar-refractivity contribution < 1.29 is 19.4 Å². The molecule has 2 heterocycles. The van der Waals surface area contributed by atoms with Gasteiger partial charge in [0.15, 0.2) is 6.10 Å². The zero-order valence-electron chi connectivity index (χ0n) is 12.7. The number of likely N-dealkylation sites (tertiary alicyclic amines) is 1. The van der Waals surface area contributed by atoms with Crippen LogP contribution in [0.1, 0.15) is 45.4 Å². The van der Waals surface area contributed by atoms with E-state index in [1.165, 1.54) is 12.8 Å². The number of hydrogen-bond donors (Lipinski definition) is 2. The highest BCUT2D eigenvalue weighted by Gasteiger charge is 2.35. The quantitative estimate of drug-likeness (QED) is 0.765. The molecule has 0 aromatic carbocycles. The van der Waals surface area contributed by atoms with Crippen molar-refractivity contribution in [3.8, 4) is 0 Å². The second kappa shape index (κ2) is 7.75. The summed E-state index contributed by atoms with van der Waals surface area (Å²) in [4.78, 5) is 25.4. The van der Waals surface area contributed by atoms with Gasteiger partial charge in [0, 0.05) is 19.1 Å². The number of piperidine rings is 1. The van der Waals surface area contributed by atoms with Gasteiger partial charge >= 0.3 is 5.97 Å². The number of rotatable bonds is 6. The van der Waals surface area contributed by atoms with Crippen LogP contribution in [0.2, 0.25) is 0 Å². The third kappa shape index (κ3) is 4.68. The lowest BCUT2D eigenvalue weighted by Crippen LogP contribution is -2.47. The van der Waals surface area contributed by atoms with Crippen molar-refractivity contribution in [1.82, 2.24) is 10.2 Å². The fraction of sp³-hybridized carbons (Fsp3) is 0.867. The minimum absolute atomic E-state index is 0.147. The number of carboxylic acids is 1. The average Bonchev–Trinajstić information content (AvgIpc) is 2.97. The lowest BCUT2D eigenvalue weighted by molar-refractivity contribution is -0.152. The molecular weight excluding hydrogens is 272 g/mol. The summed E-state index contributed by atoms with van der Waals surface area (Å²) >= 11 is 0. The standard InChI is InChI=1S/C15H26N2O4/c1-2-3-8-17-9-6-11(7-10-17)16-14(18)12-4-5-13(21-12)15(19)20/h11-13H,2-10H2,1H3,(H,16,18)(H,19,20). The maximum Gasteiger partial charge on any atom is 0.332 e. The van der Waals surface area contributed by atoms with E-state index in [-0.39, 0.29) is 11.9 Å². The van der Waals surface area contributed by atoms with Crippen molar-refractivity contribution >= 4 is 11.9 Å². The largest absolute Gasteiger partial charge is 0.479 e. The summed E-state index contributed by atoms with van der Waals surface area (Å²) < 4.78 is 5.28. The Bertz CT molecular complexity index is 367. The van der Waals surface area contributed by atoms with Gasteiger partial charge in [0.05, 0.1) is 0 Å². The number of aliphatic carboxylic acids is 1. The van der Waals surface area contributed by atoms with Gasteiger partial charge in [-0.3, -0.25) is 4.79 Å². The van der Waals surface area contributed by atoms with Crippen LogP contribution in [0, 0.1) is 0 Å². The Labute approximate surface area is 125 Å². The molecule has 6 heteroatoms. The normalized spacial score (nSPS) is 27.7. The summed E-state index contributed by atoms with van der Waals surface area (Å²) in [6.07, 6.45) is 3.86. The summed E-state index contributed by atoms with van der Waals surface area (Å²) in [6.45, 7) is 5.38. The second-order valence-corrected chi connectivity index (χ2v) is 6.01. The lowest BCUT2D eigenvalue weighted by Gasteiger charge is -2.32. The summed E-state index contributed by atoms with van der Waals surface area (Å²) in [5.41, 5.74) is 0. The van der Waals surface area contributed by atoms with Crippen LogP contribution in [0.5, 0.6) is 0 Å². The lowest BCUT2D eigenvalue weighted by atomic mass is 10.0. The van der Waals surface area contributed by atoms with E-state index in [1.54, 1.807) is 0 Å². The van der Waals surface area contributed by atoms with E-state index in [0.717, 1.165) is 32.5 Å². The summed E-state index contributed by atoms with van der Waals surface area (Å²) in [5.74, 6) is -1.12. The molecular formula is C15H26N2O4. The Morgan fingerprint density at radius 3 is 2.43 bits per heavy atom. The van der Waals surface area contributed by atoms with Crippen LogP contribution >= 0.6 is 0 Å². The van der Waals surface area contributed by atoms with Gasteiger partial charge in [-0.05, 0) is 38.6 Å². The molecule has 0 saturated carbocycles. The molecule has 120 valence electrons. The summed E-state index contributed by atoms with van der Waals surface area (Å²) in [7, 11) is 0. The average molecular weight is 298 g/mol. The first-order valence-corrected chi connectivity index (χ1v) is 8.01. The first-order valence-electron chi connectivity index (χ1n) is 8.01. The van der Waals surface area contributed by atoms with Crippen molar-refractivity contribution in [3.05, 3.63) is 0 Å². The fourth-order valence-electron chi connectivity index (χ4n) is 2.99. The highest BCUT2D eigenvalue weighted by molar-refractivity contribution is 5.82. The van der Waals surface area contributed by atoms with Crippen LogP contribution in [-0.4, -0.2) is 59.8 Å². The van der Waals surface area contributed by atoms with Gasteiger partial charge in [0.1, 0.15) is 6.10 Å². The molecule has 0 aliphatic carbocycles. The fourth-order valence-corrected chi connectivity index (χ4v) is 2.99. The molecule has 0 aromatic rings. The number of carbonyl (C=O) groups is 2. The maximum atomic E-state index is 12.1. The smallest absolute Gasteiger partial charge is 0.332 e. The van der Waals surface area contributed by atoms with E-state index < -0.39 is 18.2 Å². The van der Waals surface area contributed by atoms with Gasteiger partial charge in [-0.2, -0.15) is 0 Å². The van der Waals surface area contributed by atoms with E-state index in [2.05, 4.69) is 17.1 Å². The summed E-state index contributed by atoms with van der Waals surface area (Å²) in [5, 5.41) is 11.9. The molecule has 21 heavy (non-hydrogen) atoms. The van der Waals surface area contributed by atoms with Gasteiger partial charge in [-0.1, -0.05) is 13.3 Å². The predicted octanol–water partition coefficient (Wildman–Crippen LogP) is 0.999. The van der Waals surface area contributed by atoms with E-state index >= 15 is 0 Å². The monoisotopic (exact) mass is 298 g/mol. The third-order valence-corrected chi connectivity index (χ3v) is 4.35. The number of carboxylic acid groups (broad SMARTS) is 1. The Morgan fingerprint density at radius 2 is 1.86 bits per heavy atom. The highest BCUT2D eigenvalue weighted by atomic mass is 16.5. The van der Waals surface area contributed by atoms with Gasteiger partial charge < -0.3 is 20.1 Å². The first kappa shape index (κ1) is 16.2. The van der Waals surface area contributed by atoms with Gasteiger partial charge in [-0.25, -0.2) is 4.79 Å². The number of carbonyl (C=O) groups excluding carboxylic acids is 1. The van der Waals surface area contributed by atoms with Gasteiger partial charge in [-0.15, -0.1) is 0 Å². The van der Waals surface area contributed by atoms with Crippen molar-refractivity contribution in [2.24, 2.45) is 0 Å². The molecule has 6 nitrogen and oxygen atoms in total. The third-order valence-electron chi connectivity index (χ3n) is 4.35. The number of hydrogen-bond acceptors (Lipinski definition) is 4. The number of amides is 1. The minimum atomic E-state index is -0.977. The maximum absolute atomic E-state index is 12.1. The van der Waals surface area contributed by atoms with Crippen LogP contribution in [0.25, 0.3) is 0 Å². The SMILES string of the molecule is CCCCN1CCC(NC(=O)C2CCC(C(=O)O)O2)CC1. The van der Waals surface area contributed by atoms with Crippen LogP contribution in [-0.2, 0) is 14.3 Å². The minimum Gasteiger partial charge on any atom is -0.479 e. The Kier molecular flexibility index (Phi) is 5.99. The molecule has 0 aromatic heterocycles. The van der Waals surface area contributed by atoms with E-state index in [9.17, 15) is 9.59 Å². The molecule has 0 spiro atoms. The Morgan fingerprint density at radius 1 is 1.19 bits per heavy atom. The molecule has 2 aliphatic heterocycles. The molecule has 1 amide bonds. The number of unbranched alkanes of at least 4 members (excludes halogenated alkanes) is 1. The highest BCUT2D eigenvalue weighted by Crippen LogP contribution is 2.21. The zero-order chi connectivity index (χ0) is 15.2. The molecule has 2 N–H and O–H groups in total. The molecule has 2 unspecified atom stereocenters. The van der Waals surface area contributed by atoms with Crippen molar-refractivity contribution in [3.63, 3.8) is 0 Å². The molecule has 2 saturated heterocycles. The van der Waals surface area contributed by atoms with Gasteiger partial charge in [0.25, 0.3) is 0 Å².